The van der Waals surface area contributed by atoms with Gasteiger partial charge in [-0.15, -0.1) is 0 Å². The molecule has 0 aromatic heterocycles. The molecule has 2 N–H and O–H groups in total. The fraction of sp³-hybridized carbons (Fsp3) is 1.00. The van der Waals surface area contributed by atoms with Crippen molar-refractivity contribution >= 4 is 0 Å². The maximum absolute atomic E-state index is 9.69. The molecular weight excluding hydrogens is 242 g/mol. The highest BCUT2D eigenvalue weighted by atomic mass is 16.5. The van der Waals surface area contributed by atoms with Gasteiger partial charge in [-0.1, -0.05) is 32.6 Å². The summed E-state index contributed by atoms with van der Waals surface area (Å²) in [5, 5.41) is 13.0. The molecule has 0 spiro atoms. The van der Waals surface area contributed by atoms with Gasteiger partial charge in [-0.25, -0.2) is 0 Å². The zero-order valence-corrected chi connectivity index (χ0v) is 12.6. The van der Waals surface area contributed by atoms with Crippen LogP contribution >= 0.6 is 0 Å². The van der Waals surface area contributed by atoms with E-state index < -0.39 is 6.10 Å². The van der Waals surface area contributed by atoms with Crippen molar-refractivity contribution in [2.45, 2.75) is 45.1 Å². The molecule has 1 aliphatic rings. The summed E-state index contributed by atoms with van der Waals surface area (Å²) in [5.41, 5.74) is 0. The Morgan fingerprint density at radius 1 is 1.21 bits per heavy atom. The van der Waals surface area contributed by atoms with E-state index >= 15 is 0 Å². The van der Waals surface area contributed by atoms with Gasteiger partial charge in [0.1, 0.15) is 0 Å². The molecule has 1 saturated carbocycles. The van der Waals surface area contributed by atoms with Crippen LogP contribution in [0.15, 0.2) is 0 Å². The van der Waals surface area contributed by atoms with Crippen LogP contribution in [0, 0.1) is 11.8 Å². The van der Waals surface area contributed by atoms with Gasteiger partial charge in [0.05, 0.1) is 25.9 Å². The van der Waals surface area contributed by atoms with Crippen LogP contribution in [0.4, 0.5) is 0 Å². The second-order valence-electron chi connectivity index (χ2n) is 5.84. The van der Waals surface area contributed by atoms with Gasteiger partial charge >= 0.3 is 0 Å². The average molecular weight is 273 g/mol. The molecule has 0 heterocycles. The molecule has 114 valence electrons. The number of ether oxygens (including phenoxy) is 2. The highest BCUT2D eigenvalue weighted by molar-refractivity contribution is 4.71. The van der Waals surface area contributed by atoms with Crippen molar-refractivity contribution in [3.05, 3.63) is 0 Å². The summed E-state index contributed by atoms with van der Waals surface area (Å²) < 4.78 is 10.2. The van der Waals surface area contributed by atoms with Gasteiger partial charge in [0, 0.05) is 13.7 Å². The molecule has 4 nitrogen and oxygen atoms in total. The van der Waals surface area contributed by atoms with Gasteiger partial charge in [-0.05, 0) is 24.8 Å². The summed E-state index contributed by atoms with van der Waals surface area (Å²) in [6, 6.07) is 0. The van der Waals surface area contributed by atoms with E-state index in [4.69, 9.17) is 9.47 Å². The predicted molar refractivity (Wildman–Crippen MR) is 77.3 cm³/mol. The summed E-state index contributed by atoms with van der Waals surface area (Å²) in [6.45, 7) is 5.50. The first-order valence-corrected chi connectivity index (χ1v) is 7.67. The van der Waals surface area contributed by atoms with E-state index in [1.165, 1.54) is 32.1 Å². The smallest absolute Gasteiger partial charge is 0.0897 e. The number of methoxy groups -OCH3 is 1. The molecular formula is C15H31NO3. The van der Waals surface area contributed by atoms with Crippen LogP contribution in [0.2, 0.25) is 0 Å². The standard InChI is InChI=1S/C15H31NO3/c1-13-3-5-14(6-4-13)7-8-16-11-15(17)12-19-10-9-18-2/h13-17H,3-12H2,1-2H3. The third kappa shape index (κ3) is 8.58. The molecule has 0 amide bonds. The number of rotatable bonds is 10. The fourth-order valence-corrected chi connectivity index (χ4v) is 2.61. The minimum absolute atomic E-state index is 0.386. The molecule has 0 saturated heterocycles. The zero-order valence-electron chi connectivity index (χ0n) is 12.6. The first-order chi connectivity index (χ1) is 9.22. The minimum atomic E-state index is -0.414. The van der Waals surface area contributed by atoms with Crippen molar-refractivity contribution in [2.24, 2.45) is 11.8 Å². The number of hydrogen-bond acceptors (Lipinski definition) is 4. The lowest BCUT2D eigenvalue weighted by molar-refractivity contribution is 0.0137. The Bertz CT molecular complexity index is 206. The maximum atomic E-state index is 9.69. The third-order valence-electron chi connectivity index (χ3n) is 3.99. The normalized spacial score (nSPS) is 25.4. The number of aliphatic hydroxyl groups excluding tert-OH is 1. The van der Waals surface area contributed by atoms with Crippen LogP contribution in [-0.2, 0) is 9.47 Å². The molecule has 1 fully saturated rings. The fourth-order valence-electron chi connectivity index (χ4n) is 2.61. The molecule has 19 heavy (non-hydrogen) atoms. The topological polar surface area (TPSA) is 50.7 Å². The molecule has 0 aromatic carbocycles. The SMILES string of the molecule is COCCOCC(O)CNCCC1CCC(C)CC1. The lowest BCUT2D eigenvalue weighted by Gasteiger charge is -2.26. The molecule has 0 bridgehead atoms. The predicted octanol–water partition coefficient (Wildman–Crippen LogP) is 1.82. The minimum Gasteiger partial charge on any atom is -0.389 e. The van der Waals surface area contributed by atoms with Gasteiger partial charge < -0.3 is 19.9 Å². The summed E-state index contributed by atoms with van der Waals surface area (Å²) in [6.07, 6.45) is 6.37. The number of nitrogens with one attached hydrogen (secondary N) is 1. The largest absolute Gasteiger partial charge is 0.389 e. The van der Waals surface area contributed by atoms with E-state index in [1.54, 1.807) is 7.11 Å². The maximum Gasteiger partial charge on any atom is 0.0897 e. The molecule has 0 aromatic rings. The van der Waals surface area contributed by atoms with Crippen molar-refractivity contribution in [1.82, 2.24) is 5.32 Å². The van der Waals surface area contributed by atoms with Crippen molar-refractivity contribution in [3.63, 3.8) is 0 Å². The first kappa shape index (κ1) is 16.9. The van der Waals surface area contributed by atoms with E-state index in [0.29, 0.717) is 26.4 Å². The van der Waals surface area contributed by atoms with Crippen LogP contribution in [0.3, 0.4) is 0 Å². The lowest BCUT2D eigenvalue weighted by atomic mass is 9.81. The quantitative estimate of drug-likeness (QED) is 0.596. The van der Waals surface area contributed by atoms with Gasteiger partial charge in [0.15, 0.2) is 0 Å². The molecule has 0 aliphatic heterocycles. The second kappa shape index (κ2) is 10.6. The summed E-state index contributed by atoms with van der Waals surface area (Å²) in [4.78, 5) is 0. The Balaban J connectivity index is 1.89. The van der Waals surface area contributed by atoms with Crippen molar-refractivity contribution in [3.8, 4) is 0 Å². The van der Waals surface area contributed by atoms with E-state index in [9.17, 15) is 5.11 Å². The highest BCUT2D eigenvalue weighted by Gasteiger charge is 2.17. The Morgan fingerprint density at radius 2 is 1.95 bits per heavy atom. The zero-order chi connectivity index (χ0) is 13.9. The molecule has 1 unspecified atom stereocenters. The Labute approximate surface area is 117 Å². The number of aliphatic hydroxyl groups is 1. The Morgan fingerprint density at radius 3 is 2.63 bits per heavy atom. The molecule has 1 atom stereocenters. The lowest BCUT2D eigenvalue weighted by Crippen LogP contribution is -2.32. The van der Waals surface area contributed by atoms with Crippen molar-refractivity contribution in [1.29, 1.82) is 0 Å². The summed E-state index contributed by atoms with van der Waals surface area (Å²) in [5.74, 6) is 1.81. The summed E-state index contributed by atoms with van der Waals surface area (Å²) in [7, 11) is 1.65. The van der Waals surface area contributed by atoms with Crippen molar-refractivity contribution in [2.75, 3.05) is 40.0 Å². The average Bonchev–Trinajstić information content (AvgIpc) is 2.42. The third-order valence-corrected chi connectivity index (χ3v) is 3.99. The molecule has 1 aliphatic carbocycles. The monoisotopic (exact) mass is 273 g/mol. The highest BCUT2D eigenvalue weighted by Crippen LogP contribution is 2.29. The van der Waals surface area contributed by atoms with Crippen LogP contribution in [-0.4, -0.2) is 51.2 Å². The van der Waals surface area contributed by atoms with Gasteiger partial charge in [0.25, 0.3) is 0 Å². The van der Waals surface area contributed by atoms with Crippen LogP contribution < -0.4 is 5.32 Å². The second-order valence-corrected chi connectivity index (χ2v) is 5.84. The van der Waals surface area contributed by atoms with Crippen molar-refractivity contribution < 1.29 is 14.6 Å². The first-order valence-electron chi connectivity index (χ1n) is 7.67. The Kier molecular flexibility index (Phi) is 9.43. The van der Waals surface area contributed by atoms with E-state index in [1.807, 2.05) is 0 Å². The van der Waals surface area contributed by atoms with E-state index in [2.05, 4.69) is 12.2 Å². The van der Waals surface area contributed by atoms with Gasteiger partial charge in [0.2, 0.25) is 0 Å². The van der Waals surface area contributed by atoms with Crippen LogP contribution in [0.1, 0.15) is 39.0 Å². The van der Waals surface area contributed by atoms with Crippen LogP contribution in [0.5, 0.6) is 0 Å². The molecule has 1 rings (SSSR count). The van der Waals surface area contributed by atoms with Gasteiger partial charge in [-0.2, -0.15) is 0 Å². The Hall–Kier alpha value is -0.160. The van der Waals surface area contributed by atoms with Gasteiger partial charge in [-0.3, -0.25) is 0 Å². The molecule has 4 heteroatoms. The number of hydrogen-bond donors (Lipinski definition) is 2. The van der Waals surface area contributed by atoms with E-state index in [0.717, 1.165) is 18.4 Å². The van der Waals surface area contributed by atoms with Crippen LogP contribution in [0.25, 0.3) is 0 Å². The van der Waals surface area contributed by atoms with E-state index in [-0.39, 0.29) is 0 Å². The molecule has 0 radical (unpaired) electrons. The summed E-state index contributed by atoms with van der Waals surface area (Å²) >= 11 is 0.